The second-order valence-corrected chi connectivity index (χ2v) is 8.05. The second kappa shape index (κ2) is 10.8. The van der Waals surface area contributed by atoms with Gasteiger partial charge in [0.05, 0.1) is 13.2 Å². The van der Waals surface area contributed by atoms with Crippen molar-refractivity contribution < 1.29 is 9.84 Å². The van der Waals surface area contributed by atoms with Gasteiger partial charge in [0.25, 0.3) is 0 Å². The van der Waals surface area contributed by atoms with Crippen LogP contribution in [0.2, 0.25) is 0 Å². The van der Waals surface area contributed by atoms with Crippen molar-refractivity contribution in [1.82, 2.24) is 15.5 Å². The van der Waals surface area contributed by atoms with Crippen LogP contribution in [0.25, 0.3) is 0 Å². The van der Waals surface area contributed by atoms with Crippen molar-refractivity contribution in [3.63, 3.8) is 0 Å². The molecule has 0 aliphatic carbocycles. The maximum Gasteiger partial charge on any atom is 0.191 e. The molecule has 6 heteroatoms. The topological polar surface area (TPSA) is 69.1 Å². The van der Waals surface area contributed by atoms with Crippen LogP contribution < -0.4 is 10.6 Å². The minimum Gasteiger partial charge on any atom is -0.396 e. The van der Waals surface area contributed by atoms with Gasteiger partial charge in [-0.25, -0.2) is 0 Å². The molecule has 1 aromatic rings. The molecule has 6 nitrogen and oxygen atoms in total. The number of aliphatic hydroxyl groups is 1. The summed E-state index contributed by atoms with van der Waals surface area (Å²) < 4.78 is 5.57. The number of ether oxygens (including phenoxy) is 1. The summed E-state index contributed by atoms with van der Waals surface area (Å²) in [5.41, 5.74) is 2.98. The molecular formula is C22H36N4O2. The molecule has 0 amide bonds. The van der Waals surface area contributed by atoms with Crippen molar-refractivity contribution in [1.29, 1.82) is 0 Å². The number of aliphatic imine (C=N–C) groups is 1. The van der Waals surface area contributed by atoms with Crippen LogP contribution in [0.15, 0.2) is 29.3 Å². The molecule has 1 unspecified atom stereocenters. The Labute approximate surface area is 169 Å². The maximum atomic E-state index is 9.38. The van der Waals surface area contributed by atoms with Crippen molar-refractivity contribution >= 4 is 5.96 Å². The van der Waals surface area contributed by atoms with E-state index in [1.54, 1.807) is 0 Å². The van der Waals surface area contributed by atoms with Gasteiger partial charge in [0.15, 0.2) is 5.96 Å². The molecule has 1 aromatic carbocycles. The fourth-order valence-corrected chi connectivity index (χ4v) is 4.13. The lowest BCUT2D eigenvalue weighted by atomic mass is 9.84. The molecule has 3 N–H and O–H groups in total. The van der Waals surface area contributed by atoms with E-state index < -0.39 is 0 Å². The Kier molecular flexibility index (Phi) is 8.13. The molecule has 156 valence electrons. The third-order valence-corrected chi connectivity index (χ3v) is 5.90. The molecule has 0 spiro atoms. The van der Waals surface area contributed by atoms with Crippen molar-refractivity contribution in [2.45, 2.75) is 39.2 Å². The molecular weight excluding hydrogens is 352 g/mol. The number of fused-ring (bicyclic) bond motifs is 1. The average Bonchev–Trinajstić information content (AvgIpc) is 3.18. The predicted molar refractivity (Wildman–Crippen MR) is 114 cm³/mol. The first-order valence-corrected chi connectivity index (χ1v) is 10.7. The number of hydrogen-bond acceptors (Lipinski definition) is 4. The van der Waals surface area contributed by atoms with E-state index in [1.165, 1.54) is 11.1 Å². The SMILES string of the molecule is CCNC(=NCC1(CCO)CCOC1)NCCCN1CCc2ccccc2C1. The zero-order valence-corrected chi connectivity index (χ0v) is 17.3. The Morgan fingerprint density at radius 2 is 2.14 bits per heavy atom. The molecule has 1 atom stereocenters. The van der Waals surface area contributed by atoms with E-state index in [4.69, 9.17) is 9.73 Å². The van der Waals surface area contributed by atoms with Crippen LogP contribution in [0.3, 0.4) is 0 Å². The smallest absolute Gasteiger partial charge is 0.191 e. The van der Waals surface area contributed by atoms with Crippen molar-refractivity contribution in [3.05, 3.63) is 35.4 Å². The Bertz CT molecular complexity index is 629. The fourth-order valence-electron chi connectivity index (χ4n) is 4.13. The normalized spacial score (nSPS) is 22.9. The molecule has 2 aliphatic heterocycles. The van der Waals surface area contributed by atoms with Gasteiger partial charge in [-0.3, -0.25) is 9.89 Å². The second-order valence-electron chi connectivity index (χ2n) is 8.05. The quantitative estimate of drug-likeness (QED) is 0.342. The van der Waals surface area contributed by atoms with Gasteiger partial charge < -0.3 is 20.5 Å². The van der Waals surface area contributed by atoms with Crippen LogP contribution in [0.4, 0.5) is 0 Å². The molecule has 2 aliphatic rings. The van der Waals surface area contributed by atoms with E-state index >= 15 is 0 Å². The summed E-state index contributed by atoms with van der Waals surface area (Å²) in [6.07, 6.45) is 3.99. The number of hydrogen-bond donors (Lipinski definition) is 3. The van der Waals surface area contributed by atoms with Gasteiger partial charge in [-0.2, -0.15) is 0 Å². The van der Waals surface area contributed by atoms with E-state index in [2.05, 4.69) is 46.7 Å². The fraction of sp³-hybridized carbons (Fsp3) is 0.682. The number of nitrogens with one attached hydrogen (secondary N) is 2. The first kappa shape index (κ1) is 21.1. The molecule has 2 heterocycles. The summed E-state index contributed by atoms with van der Waals surface area (Å²) in [6.45, 7) is 9.53. The predicted octanol–water partition coefficient (Wildman–Crippen LogP) is 1.78. The highest BCUT2D eigenvalue weighted by Gasteiger charge is 2.34. The van der Waals surface area contributed by atoms with Gasteiger partial charge in [0, 0.05) is 51.4 Å². The summed E-state index contributed by atoms with van der Waals surface area (Å²) in [5, 5.41) is 16.2. The number of aliphatic hydroxyl groups excluding tert-OH is 1. The third kappa shape index (κ3) is 5.93. The van der Waals surface area contributed by atoms with Crippen molar-refractivity contribution in [2.24, 2.45) is 10.4 Å². The van der Waals surface area contributed by atoms with Crippen LogP contribution in [0, 0.1) is 5.41 Å². The summed E-state index contributed by atoms with van der Waals surface area (Å²) in [7, 11) is 0. The Morgan fingerprint density at radius 1 is 1.29 bits per heavy atom. The highest BCUT2D eigenvalue weighted by molar-refractivity contribution is 5.79. The van der Waals surface area contributed by atoms with Crippen molar-refractivity contribution in [2.75, 3.05) is 52.5 Å². The van der Waals surface area contributed by atoms with Gasteiger partial charge in [-0.05, 0) is 43.7 Å². The molecule has 0 aromatic heterocycles. The molecule has 0 bridgehead atoms. The standard InChI is InChI=1S/C22H36N4O2/c1-2-23-21(25-17-22(9-14-27)10-15-28-18-22)24-11-5-12-26-13-8-19-6-3-4-7-20(19)16-26/h3-4,6-7,27H,2,5,8-18H2,1H3,(H2,23,24,25). The van der Waals surface area contributed by atoms with Crippen LogP contribution >= 0.6 is 0 Å². The number of benzene rings is 1. The number of rotatable bonds is 9. The largest absolute Gasteiger partial charge is 0.396 e. The minimum atomic E-state index is -0.00169. The van der Waals surface area contributed by atoms with Crippen LogP contribution in [-0.2, 0) is 17.7 Å². The number of nitrogens with zero attached hydrogens (tertiary/aromatic N) is 2. The van der Waals surface area contributed by atoms with Gasteiger partial charge >= 0.3 is 0 Å². The third-order valence-electron chi connectivity index (χ3n) is 5.90. The zero-order valence-electron chi connectivity index (χ0n) is 17.3. The van der Waals surface area contributed by atoms with E-state index in [0.29, 0.717) is 13.2 Å². The first-order valence-electron chi connectivity index (χ1n) is 10.7. The van der Waals surface area contributed by atoms with E-state index in [-0.39, 0.29) is 12.0 Å². The molecule has 1 fully saturated rings. The highest BCUT2D eigenvalue weighted by Crippen LogP contribution is 2.32. The van der Waals surface area contributed by atoms with Gasteiger partial charge in [0.2, 0.25) is 0 Å². The zero-order chi connectivity index (χ0) is 19.7. The summed E-state index contributed by atoms with van der Waals surface area (Å²) in [6, 6.07) is 8.79. The first-order chi connectivity index (χ1) is 13.7. The Morgan fingerprint density at radius 3 is 2.89 bits per heavy atom. The highest BCUT2D eigenvalue weighted by atomic mass is 16.5. The molecule has 0 radical (unpaired) electrons. The lowest BCUT2D eigenvalue weighted by Crippen LogP contribution is -2.40. The molecule has 3 rings (SSSR count). The lowest BCUT2D eigenvalue weighted by Gasteiger charge is -2.28. The average molecular weight is 389 g/mol. The monoisotopic (exact) mass is 388 g/mol. The lowest BCUT2D eigenvalue weighted by molar-refractivity contribution is 0.131. The molecule has 28 heavy (non-hydrogen) atoms. The summed E-state index contributed by atoms with van der Waals surface area (Å²) >= 11 is 0. The van der Waals surface area contributed by atoms with Crippen LogP contribution in [-0.4, -0.2) is 68.5 Å². The minimum absolute atomic E-state index is 0.00169. The van der Waals surface area contributed by atoms with Crippen LogP contribution in [0.1, 0.15) is 37.3 Å². The van der Waals surface area contributed by atoms with E-state index in [1.807, 2.05) is 0 Å². The summed E-state index contributed by atoms with van der Waals surface area (Å²) in [5.74, 6) is 0.871. The summed E-state index contributed by atoms with van der Waals surface area (Å²) in [4.78, 5) is 7.33. The van der Waals surface area contributed by atoms with Gasteiger partial charge in [-0.1, -0.05) is 24.3 Å². The Hall–Kier alpha value is -1.63. The van der Waals surface area contributed by atoms with Crippen LogP contribution in [0.5, 0.6) is 0 Å². The molecule has 0 saturated carbocycles. The van der Waals surface area contributed by atoms with Gasteiger partial charge in [0.1, 0.15) is 0 Å². The van der Waals surface area contributed by atoms with E-state index in [9.17, 15) is 5.11 Å². The van der Waals surface area contributed by atoms with Gasteiger partial charge in [-0.15, -0.1) is 0 Å². The molecule has 1 saturated heterocycles. The van der Waals surface area contributed by atoms with E-state index in [0.717, 1.165) is 71.0 Å². The maximum absolute atomic E-state index is 9.38. The number of guanidine groups is 1. The van der Waals surface area contributed by atoms with Crippen molar-refractivity contribution in [3.8, 4) is 0 Å². The Balaban J connectivity index is 1.42.